The maximum Gasteiger partial charge on any atom is 0.157 e. The Labute approximate surface area is 117 Å². The van der Waals surface area contributed by atoms with E-state index in [0.717, 1.165) is 30.0 Å². The smallest absolute Gasteiger partial charge is 0.157 e. The molecule has 2 aromatic rings. The van der Waals surface area contributed by atoms with Crippen LogP contribution in [0.25, 0.3) is 0 Å². The average Bonchev–Trinajstić information content (AvgIpc) is 2.85. The summed E-state index contributed by atoms with van der Waals surface area (Å²) in [5.74, 6) is 1.51. The van der Waals surface area contributed by atoms with Crippen LogP contribution in [-0.2, 0) is 13.2 Å². The standard InChI is InChI=1S/C14H17ClN2O2/c1-3-6-17-9-13(8-16-17)19-10-11-7-12(15)4-5-14(11)18-2/h4-5,7-9H,3,6,10H2,1-2H3. The number of nitrogens with zero attached hydrogens (tertiary/aromatic N) is 2. The molecular formula is C14H17ClN2O2. The lowest BCUT2D eigenvalue weighted by atomic mass is 10.2. The zero-order chi connectivity index (χ0) is 13.7. The van der Waals surface area contributed by atoms with Gasteiger partial charge in [-0.2, -0.15) is 5.10 Å². The van der Waals surface area contributed by atoms with E-state index < -0.39 is 0 Å². The van der Waals surface area contributed by atoms with Crippen LogP contribution in [0.1, 0.15) is 18.9 Å². The van der Waals surface area contributed by atoms with Gasteiger partial charge in [0, 0.05) is 17.1 Å². The predicted molar refractivity (Wildman–Crippen MR) is 74.9 cm³/mol. The molecule has 0 bridgehead atoms. The van der Waals surface area contributed by atoms with Crippen LogP contribution in [0.3, 0.4) is 0 Å². The third-order valence-electron chi connectivity index (χ3n) is 2.70. The Morgan fingerprint density at radius 3 is 2.95 bits per heavy atom. The summed E-state index contributed by atoms with van der Waals surface area (Å²) in [4.78, 5) is 0. The van der Waals surface area contributed by atoms with Gasteiger partial charge in [0.2, 0.25) is 0 Å². The molecule has 0 unspecified atom stereocenters. The highest BCUT2D eigenvalue weighted by atomic mass is 35.5. The van der Waals surface area contributed by atoms with Gasteiger partial charge in [-0.25, -0.2) is 0 Å². The van der Waals surface area contributed by atoms with E-state index in [1.54, 1.807) is 19.4 Å². The quantitative estimate of drug-likeness (QED) is 0.812. The van der Waals surface area contributed by atoms with Crippen LogP contribution in [0.15, 0.2) is 30.6 Å². The molecule has 0 amide bonds. The monoisotopic (exact) mass is 280 g/mol. The van der Waals surface area contributed by atoms with Gasteiger partial charge in [0.05, 0.1) is 19.5 Å². The van der Waals surface area contributed by atoms with Gasteiger partial charge in [-0.05, 0) is 24.6 Å². The minimum atomic E-state index is 0.404. The molecule has 0 spiro atoms. The van der Waals surface area contributed by atoms with E-state index in [4.69, 9.17) is 21.1 Å². The van der Waals surface area contributed by atoms with E-state index in [1.807, 2.05) is 23.0 Å². The first kappa shape index (κ1) is 13.7. The summed E-state index contributed by atoms with van der Waals surface area (Å²) < 4.78 is 12.8. The second kappa shape index (κ2) is 6.48. The Morgan fingerprint density at radius 2 is 2.21 bits per heavy atom. The number of hydrogen-bond donors (Lipinski definition) is 0. The Balaban J connectivity index is 2.03. The summed E-state index contributed by atoms with van der Waals surface area (Å²) in [6, 6.07) is 5.47. The van der Waals surface area contributed by atoms with Gasteiger partial charge in [-0.15, -0.1) is 0 Å². The summed E-state index contributed by atoms with van der Waals surface area (Å²) in [6.07, 6.45) is 4.65. The largest absolute Gasteiger partial charge is 0.496 e. The van der Waals surface area contributed by atoms with E-state index in [1.165, 1.54) is 0 Å². The number of ether oxygens (including phenoxy) is 2. The Hall–Kier alpha value is -1.68. The van der Waals surface area contributed by atoms with Gasteiger partial charge in [0.25, 0.3) is 0 Å². The van der Waals surface area contributed by atoms with Crippen LogP contribution < -0.4 is 9.47 Å². The van der Waals surface area contributed by atoms with Crippen LogP contribution >= 0.6 is 11.6 Å². The second-order valence-corrected chi connectivity index (χ2v) is 4.62. The molecule has 19 heavy (non-hydrogen) atoms. The van der Waals surface area contributed by atoms with Crippen molar-refractivity contribution in [1.82, 2.24) is 9.78 Å². The average molecular weight is 281 g/mol. The highest BCUT2D eigenvalue weighted by Gasteiger charge is 2.06. The highest BCUT2D eigenvalue weighted by molar-refractivity contribution is 6.30. The van der Waals surface area contributed by atoms with E-state index >= 15 is 0 Å². The molecular weight excluding hydrogens is 264 g/mol. The molecule has 0 fully saturated rings. The predicted octanol–water partition coefficient (Wildman–Crippen LogP) is 3.53. The lowest BCUT2D eigenvalue weighted by Gasteiger charge is -2.09. The maximum atomic E-state index is 5.97. The lowest BCUT2D eigenvalue weighted by molar-refractivity contribution is 0.296. The number of aryl methyl sites for hydroxylation is 1. The van der Waals surface area contributed by atoms with Crippen LogP contribution in [0.2, 0.25) is 5.02 Å². The van der Waals surface area contributed by atoms with E-state index in [0.29, 0.717) is 11.6 Å². The number of rotatable bonds is 6. The van der Waals surface area contributed by atoms with Crippen molar-refractivity contribution in [2.24, 2.45) is 0 Å². The number of hydrogen-bond acceptors (Lipinski definition) is 3. The van der Waals surface area contributed by atoms with Crippen molar-refractivity contribution < 1.29 is 9.47 Å². The molecule has 102 valence electrons. The molecule has 0 aliphatic rings. The third kappa shape index (κ3) is 3.64. The van der Waals surface area contributed by atoms with Crippen molar-refractivity contribution >= 4 is 11.6 Å². The summed E-state index contributed by atoms with van der Waals surface area (Å²) in [7, 11) is 1.63. The van der Waals surface area contributed by atoms with Crippen LogP contribution in [-0.4, -0.2) is 16.9 Å². The molecule has 1 aromatic carbocycles. The third-order valence-corrected chi connectivity index (χ3v) is 2.93. The van der Waals surface area contributed by atoms with Gasteiger partial charge < -0.3 is 9.47 Å². The SMILES string of the molecule is CCCn1cc(OCc2cc(Cl)ccc2OC)cn1. The van der Waals surface area contributed by atoms with Crippen molar-refractivity contribution in [3.05, 3.63) is 41.2 Å². The van der Waals surface area contributed by atoms with E-state index in [-0.39, 0.29) is 0 Å². The molecule has 0 N–H and O–H groups in total. The molecule has 0 radical (unpaired) electrons. The molecule has 0 aliphatic heterocycles. The van der Waals surface area contributed by atoms with Crippen molar-refractivity contribution in [2.45, 2.75) is 26.5 Å². The Morgan fingerprint density at radius 1 is 1.37 bits per heavy atom. The second-order valence-electron chi connectivity index (χ2n) is 4.18. The van der Waals surface area contributed by atoms with E-state index in [2.05, 4.69) is 12.0 Å². The van der Waals surface area contributed by atoms with Gasteiger partial charge in [0.1, 0.15) is 12.4 Å². The lowest BCUT2D eigenvalue weighted by Crippen LogP contribution is -1.98. The van der Waals surface area contributed by atoms with Crippen molar-refractivity contribution in [3.63, 3.8) is 0 Å². The van der Waals surface area contributed by atoms with Gasteiger partial charge in [-0.1, -0.05) is 18.5 Å². The number of methoxy groups -OCH3 is 1. The van der Waals surface area contributed by atoms with E-state index in [9.17, 15) is 0 Å². The van der Waals surface area contributed by atoms with Gasteiger partial charge in [-0.3, -0.25) is 4.68 Å². The first-order chi connectivity index (χ1) is 9.22. The molecule has 0 saturated carbocycles. The summed E-state index contributed by atoms with van der Waals surface area (Å²) in [6.45, 7) is 3.41. The van der Waals surface area contributed by atoms with Crippen LogP contribution in [0.4, 0.5) is 0 Å². The fourth-order valence-electron chi connectivity index (χ4n) is 1.79. The normalized spacial score (nSPS) is 10.5. The van der Waals surface area contributed by atoms with Crippen LogP contribution in [0.5, 0.6) is 11.5 Å². The first-order valence-corrected chi connectivity index (χ1v) is 6.58. The highest BCUT2D eigenvalue weighted by Crippen LogP contribution is 2.24. The van der Waals surface area contributed by atoms with Gasteiger partial charge in [0.15, 0.2) is 5.75 Å². The topological polar surface area (TPSA) is 36.3 Å². The van der Waals surface area contributed by atoms with Crippen LogP contribution in [0, 0.1) is 0 Å². The van der Waals surface area contributed by atoms with Gasteiger partial charge >= 0.3 is 0 Å². The summed E-state index contributed by atoms with van der Waals surface area (Å²) in [5.41, 5.74) is 0.915. The Kier molecular flexibility index (Phi) is 4.68. The molecule has 2 rings (SSSR count). The summed E-state index contributed by atoms with van der Waals surface area (Å²) in [5, 5.41) is 4.88. The maximum absolute atomic E-state index is 5.97. The molecule has 4 nitrogen and oxygen atoms in total. The molecule has 1 aromatic heterocycles. The molecule has 0 atom stereocenters. The Bertz CT molecular complexity index is 540. The van der Waals surface area contributed by atoms with Crippen molar-refractivity contribution in [3.8, 4) is 11.5 Å². The minimum Gasteiger partial charge on any atom is -0.496 e. The fourth-order valence-corrected chi connectivity index (χ4v) is 1.99. The number of aromatic nitrogens is 2. The fraction of sp³-hybridized carbons (Fsp3) is 0.357. The molecule has 0 aliphatic carbocycles. The zero-order valence-corrected chi connectivity index (χ0v) is 11.9. The van der Waals surface area contributed by atoms with Crippen molar-refractivity contribution in [2.75, 3.05) is 7.11 Å². The number of benzene rings is 1. The summed E-state index contributed by atoms with van der Waals surface area (Å²) >= 11 is 5.97. The first-order valence-electron chi connectivity index (χ1n) is 6.20. The van der Waals surface area contributed by atoms with Crippen molar-refractivity contribution in [1.29, 1.82) is 0 Å². The molecule has 5 heteroatoms. The molecule has 0 saturated heterocycles. The molecule has 1 heterocycles. The number of halogens is 1. The minimum absolute atomic E-state index is 0.404. The zero-order valence-electron chi connectivity index (χ0n) is 11.1.